The van der Waals surface area contributed by atoms with Gasteiger partial charge in [-0.3, -0.25) is 33.6 Å². The van der Waals surface area contributed by atoms with Gasteiger partial charge in [0, 0.05) is 26.5 Å². The van der Waals surface area contributed by atoms with Gasteiger partial charge < -0.3 is 51.8 Å². The summed E-state index contributed by atoms with van der Waals surface area (Å²) in [6, 6.07) is 1.40. The number of nitrogens with zero attached hydrogens (tertiary/aromatic N) is 1. The maximum absolute atomic E-state index is 14.2. The molecule has 0 spiro atoms. The predicted octanol–water partition coefficient (Wildman–Crippen LogP) is 2.32. The molecular formula is C48H71N7O12S. The number of amides is 7. The summed E-state index contributed by atoms with van der Waals surface area (Å²) in [6.07, 6.45) is 6.68. The van der Waals surface area contributed by atoms with E-state index in [4.69, 9.17) is 4.74 Å². The Morgan fingerprint density at radius 2 is 1.44 bits per heavy atom. The first kappa shape index (κ1) is 58.1. The molecule has 8 N–H and O–H groups in total. The lowest BCUT2D eigenvalue weighted by molar-refractivity contribution is -0.146. The van der Waals surface area contributed by atoms with Crippen LogP contribution in [0.15, 0.2) is 66.4 Å². The number of rotatable bonds is 14. The number of carboxylic acid groups (broad SMARTS) is 2. The number of likely N-dealkylation sites (N-methyl/N-ethyl adjacent to an activating group) is 1. The van der Waals surface area contributed by atoms with Gasteiger partial charge in [-0.15, -0.1) is 0 Å². The van der Waals surface area contributed by atoms with E-state index < -0.39 is 120 Å². The maximum atomic E-state index is 14.2. The lowest BCUT2D eigenvalue weighted by atomic mass is 9.94. The third-order valence-electron chi connectivity index (χ3n) is 11.6. The molecule has 68 heavy (non-hydrogen) atoms. The van der Waals surface area contributed by atoms with Crippen molar-refractivity contribution >= 4 is 65.1 Å². The number of hydrogen-bond acceptors (Lipinski definition) is 11. The van der Waals surface area contributed by atoms with Crippen LogP contribution in [0.3, 0.4) is 0 Å². The average Bonchev–Trinajstić information content (AvgIpc) is 3.29. The fourth-order valence-electron chi connectivity index (χ4n) is 7.19. The summed E-state index contributed by atoms with van der Waals surface area (Å²) in [5.41, 5.74) is 1.43. The third kappa shape index (κ3) is 18.6. The molecule has 19 nitrogen and oxygen atoms in total. The van der Waals surface area contributed by atoms with Crippen molar-refractivity contribution in [3.05, 3.63) is 72.0 Å². The number of ether oxygens (including phenoxy) is 1. The largest absolute Gasteiger partial charge is 0.480 e. The van der Waals surface area contributed by atoms with Gasteiger partial charge in [-0.25, -0.2) is 9.59 Å². The molecule has 376 valence electrons. The monoisotopic (exact) mass is 969 g/mol. The molecule has 0 saturated carbocycles. The summed E-state index contributed by atoms with van der Waals surface area (Å²) in [6.45, 7) is 15.0. The standard InChI is InChI=1S/C48H71N7O12S/c1-26(2)23-37-46(62)54-40(48(65)66)30(6)42(58)51-35(21-22-68-11)45(61)50-34(18-17-27(3)24-28(4)38(67-10)25-33-15-13-12-14-16-33)29(5)41(57)52-36(47(63)64)19-20-39(56)55(9)32(8)44(60)49-31(7)43(59)53-37/h12-18,24,26,28-31,34-38,40H,8,19-23,25H2,1-7,9-11H3,(H,49,60)(H,50,61)(H,51,58)(H,52,57)(H,53,59)(H,54,62)(H,63,64)(H,65,66). The Balaban J connectivity index is 2.67. The van der Waals surface area contributed by atoms with E-state index in [-0.39, 0.29) is 30.8 Å². The Morgan fingerprint density at radius 1 is 0.838 bits per heavy atom. The first-order valence-corrected chi connectivity index (χ1v) is 24.0. The number of nitrogens with one attached hydrogen (secondary N) is 6. The molecule has 10 unspecified atom stereocenters. The highest BCUT2D eigenvalue weighted by Crippen LogP contribution is 2.19. The van der Waals surface area contributed by atoms with Gasteiger partial charge in [0.2, 0.25) is 35.4 Å². The second-order valence-electron chi connectivity index (χ2n) is 17.6. The van der Waals surface area contributed by atoms with Crippen molar-refractivity contribution in [2.75, 3.05) is 26.2 Å². The van der Waals surface area contributed by atoms with Crippen LogP contribution in [-0.4, -0.2) is 137 Å². The Bertz CT molecular complexity index is 2030. The van der Waals surface area contributed by atoms with Gasteiger partial charge in [-0.1, -0.05) is 95.3 Å². The van der Waals surface area contributed by atoms with Gasteiger partial charge in [0.1, 0.15) is 35.9 Å². The van der Waals surface area contributed by atoms with Crippen LogP contribution in [0.4, 0.5) is 0 Å². The zero-order chi connectivity index (χ0) is 51.4. The van der Waals surface area contributed by atoms with Crippen molar-refractivity contribution in [1.29, 1.82) is 0 Å². The molecule has 1 fully saturated rings. The van der Waals surface area contributed by atoms with Crippen molar-refractivity contribution in [2.45, 2.75) is 123 Å². The van der Waals surface area contributed by atoms with E-state index in [2.05, 4.69) is 38.5 Å². The first-order chi connectivity index (χ1) is 31.9. The van der Waals surface area contributed by atoms with Gasteiger partial charge >= 0.3 is 11.9 Å². The van der Waals surface area contributed by atoms with E-state index in [1.165, 1.54) is 39.6 Å². The maximum Gasteiger partial charge on any atom is 0.327 e. The molecule has 1 aliphatic rings. The van der Waals surface area contributed by atoms with Gasteiger partial charge in [0.25, 0.3) is 5.91 Å². The molecule has 7 amide bonds. The summed E-state index contributed by atoms with van der Waals surface area (Å²) in [7, 11) is 2.85. The summed E-state index contributed by atoms with van der Waals surface area (Å²) in [5.74, 6) is -11.5. The van der Waals surface area contributed by atoms with E-state index in [0.717, 1.165) is 16.0 Å². The molecule has 10 atom stereocenters. The number of carbonyl (C=O) groups excluding carboxylic acids is 7. The zero-order valence-corrected chi connectivity index (χ0v) is 41.6. The topological polar surface area (TPSA) is 279 Å². The molecule has 1 saturated heterocycles. The fraction of sp³-hybridized carbons (Fsp3) is 0.562. The lowest BCUT2D eigenvalue weighted by Gasteiger charge is -2.28. The first-order valence-electron chi connectivity index (χ1n) is 22.6. The Labute approximate surface area is 403 Å². The number of allylic oxidation sites excluding steroid dienone is 2. The number of carboxylic acids is 2. The van der Waals surface area contributed by atoms with Crippen LogP contribution in [-0.2, 0) is 54.3 Å². The summed E-state index contributed by atoms with van der Waals surface area (Å²) in [5, 5.41) is 35.6. The van der Waals surface area contributed by atoms with Crippen molar-refractivity contribution in [3.8, 4) is 0 Å². The van der Waals surface area contributed by atoms with Crippen molar-refractivity contribution in [1.82, 2.24) is 36.8 Å². The number of methoxy groups -OCH3 is 1. The molecule has 1 aliphatic heterocycles. The quantitative estimate of drug-likeness (QED) is 0.0984. The summed E-state index contributed by atoms with van der Waals surface area (Å²) in [4.78, 5) is 121. The Kier molecular flexibility index (Phi) is 24.2. The molecule has 0 radical (unpaired) electrons. The highest BCUT2D eigenvalue weighted by atomic mass is 32.2. The molecule has 20 heteroatoms. The van der Waals surface area contributed by atoms with Crippen LogP contribution in [0.1, 0.15) is 79.7 Å². The van der Waals surface area contributed by atoms with E-state index in [9.17, 15) is 53.4 Å². The Morgan fingerprint density at radius 3 is 2.01 bits per heavy atom. The number of carbonyl (C=O) groups is 9. The summed E-state index contributed by atoms with van der Waals surface area (Å²) >= 11 is 1.37. The minimum absolute atomic E-state index is 0.0328. The third-order valence-corrected chi connectivity index (χ3v) is 12.3. The molecule has 0 bridgehead atoms. The van der Waals surface area contributed by atoms with Crippen LogP contribution >= 0.6 is 11.8 Å². The number of benzene rings is 1. The molecule has 0 aliphatic carbocycles. The summed E-state index contributed by atoms with van der Waals surface area (Å²) < 4.78 is 5.81. The minimum atomic E-state index is -1.83. The van der Waals surface area contributed by atoms with E-state index in [1.807, 2.05) is 50.3 Å². The second kappa shape index (κ2) is 28.3. The molecule has 2 rings (SSSR count). The smallest absolute Gasteiger partial charge is 0.327 e. The van der Waals surface area contributed by atoms with Gasteiger partial charge in [0.05, 0.1) is 24.0 Å². The molecule has 1 heterocycles. The van der Waals surface area contributed by atoms with E-state index >= 15 is 0 Å². The molecule has 1 aromatic rings. The Hall–Kier alpha value is -6.02. The second-order valence-corrected chi connectivity index (χ2v) is 18.6. The van der Waals surface area contributed by atoms with Gasteiger partial charge in [0.15, 0.2) is 0 Å². The van der Waals surface area contributed by atoms with Crippen LogP contribution < -0.4 is 31.9 Å². The van der Waals surface area contributed by atoms with E-state index in [0.29, 0.717) is 12.2 Å². The van der Waals surface area contributed by atoms with Crippen molar-refractivity contribution in [3.63, 3.8) is 0 Å². The van der Waals surface area contributed by atoms with Crippen LogP contribution in [0.5, 0.6) is 0 Å². The van der Waals surface area contributed by atoms with Gasteiger partial charge in [-0.2, -0.15) is 11.8 Å². The average molecular weight is 970 g/mol. The predicted molar refractivity (Wildman–Crippen MR) is 257 cm³/mol. The van der Waals surface area contributed by atoms with Crippen LogP contribution in [0.2, 0.25) is 0 Å². The van der Waals surface area contributed by atoms with Crippen molar-refractivity contribution in [2.24, 2.45) is 23.7 Å². The fourth-order valence-corrected chi connectivity index (χ4v) is 7.66. The normalized spacial score (nSPS) is 26.0. The molecule has 1 aromatic carbocycles. The molecular weight excluding hydrogens is 899 g/mol. The lowest BCUT2D eigenvalue weighted by Crippen LogP contribution is -2.59. The minimum Gasteiger partial charge on any atom is -0.480 e. The number of thioether (sulfide) groups is 1. The number of aliphatic carboxylic acids is 2. The molecule has 0 aromatic heterocycles. The van der Waals surface area contributed by atoms with Crippen molar-refractivity contribution < 1.29 is 58.1 Å². The SMILES string of the molecule is C=C1C(=O)NC(C)C(=O)NC(CC(C)C)C(=O)NC(C(=O)O)C(C)C(=O)NC(CCSC)C(=O)NC(C=CC(C)=CC(C)C(Cc2ccccc2)OC)C(C)C(=O)NC(C(=O)O)CCC(=O)N1C. The number of hydrogen-bond donors (Lipinski definition) is 8. The highest BCUT2D eigenvalue weighted by molar-refractivity contribution is 7.98. The van der Waals surface area contributed by atoms with Gasteiger partial charge in [-0.05, 0) is 63.0 Å². The van der Waals surface area contributed by atoms with E-state index in [1.54, 1.807) is 39.4 Å². The van der Waals surface area contributed by atoms with Crippen LogP contribution in [0, 0.1) is 23.7 Å². The highest BCUT2D eigenvalue weighted by Gasteiger charge is 2.37. The zero-order valence-electron chi connectivity index (χ0n) is 40.8. The van der Waals surface area contributed by atoms with Crippen LogP contribution in [0.25, 0.3) is 0 Å².